The molecule has 0 aromatic heterocycles. The molecule has 0 fully saturated rings. The smallest absolute Gasteiger partial charge is 0.0676 e. The summed E-state index contributed by atoms with van der Waals surface area (Å²) in [5, 5.41) is 9.63. The lowest BCUT2D eigenvalue weighted by Crippen LogP contribution is -2.37. The first-order valence-electron chi connectivity index (χ1n) is 3.67. The fourth-order valence-corrected chi connectivity index (χ4v) is 0.621. The van der Waals surface area contributed by atoms with E-state index in [2.05, 4.69) is 0 Å². The number of hydrogen-bond donors (Lipinski definition) is 1. The van der Waals surface area contributed by atoms with Crippen molar-refractivity contribution in [3.05, 3.63) is 12.2 Å². The van der Waals surface area contributed by atoms with Gasteiger partial charge >= 0.3 is 0 Å². The zero-order valence-electron chi connectivity index (χ0n) is 7.60. The Balaban J connectivity index is 4.40. The van der Waals surface area contributed by atoms with Crippen LogP contribution in [0, 0.1) is 5.41 Å². The van der Waals surface area contributed by atoms with E-state index in [0.717, 1.165) is 0 Å². The Kier molecular flexibility index (Phi) is 2.67. The Morgan fingerprint density at radius 1 is 1.10 bits per heavy atom. The van der Waals surface area contributed by atoms with Gasteiger partial charge in [-0.15, -0.1) is 0 Å². The van der Waals surface area contributed by atoms with Gasteiger partial charge in [0.1, 0.15) is 0 Å². The van der Waals surface area contributed by atoms with Crippen molar-refractivity contribution in [3.63, 3.8) is 0 Å². The number of hydrogen-bond acceptors (Lipinski definition) is 1. The van der Waals surface area contributed by atoms with E-state index in [1.54, 1.807) is 0 Å². The van der Waals surface area contributed by atoms with Crippen molar-refractivity contribution < 1.29 is 5.11 Å². The van der Waals surface area contributed by atoms with Gasteiger partial charge in [0.25, 0.3) is 0 Å². The Hall–Kier alpha value is -0.300. The molecule has 0 aliphatic rings. The average Bonchev–Trinajstić information content (AvgIpc) is 1.61. The highest BCUT2D eigenvalue weighted by Crippen LogP contribution is 2.31. The minimum atomic E-state index is -0.639. The van der Waals surface area contributed by atoms with E-state index < -0.39 is 5.60 Å². The highest BCUT2D eigenvalue weighted by molar-refractivity contribution is 5.01. The van der Waals surface area contributed by atoms with Crippen molar-refractivity contribution in [1.29, 1.82) is 0 Å². The maximum absolute atomic E-state index is 9.63. The van der Waals surface area contributed by atoms with Crippen LogP contribution in [-0.4, -0.2) is 10.7 Å². The molecule has 10 heavy (non-hydrogen) atoms. The zero-order valence-corrected chi connectivity index (χ0v) is 7.60. The predicted octanol–water partition coefficient (Wildman–Crippen LogP) is 2.36. The summed E-state index contributed by atoms with van der Waals surface area (Å²) in [6.45, 7) is 9.66. The monoisotopic (exact) mass is 142 g/mol. The van der Waals surface area contributed by atoms with Crippen molar-refractivity contribution in [2.75, 3.05) is 0 Å². The van der Waals surface area contributed by atoms with Gasteiger partial charge in [0.05, 0.1) is 5.60 Å². The summed E-state index contributed by atoms with van der Waals surface area (Å²) in [4.78, 5) is 0. The molecule has 1 heteroatoms. The summed E-state index contributed by atoms with van der Waals surface area (Å²) in [6, 6.07) is 0. The maximum atomic E-state index is 9.63. The van der Waals surface area contributed by atoms with Gasteiger partial charge in [0.2, 0.25) is 0 Å². The molecule has 0 aliphatic heterocycles. The van der Waals surface area contributed by atoms with Gasteiger partial charge < -0.3 is 5.11 Å². The quantitative estimate of drug-likeness (QED) is 0.587. The molecule has 1 N–H and O–H groups in total. The van der Waals surface area contributed by atoms with E-state index >= 15 is 0 Å². The normalized spacial score (nSPS) is 14.6. The van der Waals surface area contributed by atoms with Crippen molar-refractivity contribution in [2.45, 2.75) is 40.2 Å². The van der Waals surface area contributed by atoms with Crippen LogP contribution < -0.4 is 0 Å². The second-order valence-electron chi connectivity index (χ2n) is 3.78. The number of aliphatic hydroxyl groups is 1. The molecule has 0 saturated carbocycles. The molecule has 0 aromatic carbocycles. The third-order valence-corrected chi connectivity index (χ3v) is 2.16. The van der Waals surface area contributed by atoms with Crippen LogP contribution in [-0.2, 0) is 0 Å². The second-order valence-corrected chi connectivity index (χ2v) is 3.78. The minimum absolute atomic E-state index is 0.137. The van der Waals surface area contributed by atoms with Gasteiger partial charge in [-0.3, -0.25) is 0 Å². The van der Waals surface area contributed by atoms with Gasteiger partial charge in [-0.1, -0.05) is 26.0 Å². The first-order chi connectivity index (χ1) is 4.31. The first kappa shape index (κ1) is 9.70. The summed E-state index contributed by atoms with van der Waals surface area (Å²) in [5.41, 5.74) is -0.777. The van der Waals surface area contributed by atoms with Gasteiger partial charge in [-0.05, 0) is 20.8 Å². The van der Waals surface area contributed by atoms with Gasteiger partial charge in [-0.2, -0.15) is 0 Å². The van der Waals surface area contributed by atoms with Crippen LogP contribution in [0.3, 0.4) is 0 Å². The van der Waals surface area contributed by atoms with E-state index in [-0.39, 0.29) is 5.41 Å². The molecular formula is C9H18O. The molecular weight excluding hydrogens is 124 g/mol. The lowest BCUT2D eigenvalue weighted by Gasteiger charge is -2.34. The van der Waals surface area contributed by atoms with Crippen molar-refractivity contribution in [1.82, 2.24) is 0 Å². The first-order valence-corrected chi connectivity index (χ1v) is 3.67. The Morgan fingerprint density at radius 3 is 1.60 bits per heavy atom. The van der Waals surface area contributed by atoms with Crippen LogP contribution in [0.4, 0.5) is 0 Å². The van der Waals surface area contributed by atoms with Crippen LogP contribution in [0.15, 0.2) is 12.2 Å². The lowest BCUT2D eigenvalue weighted by atomic mass is 9.77. The molecule has 1 nitrogen and oxygen atoms in total. The van der Waals surface area contributed by atoms with E-state index in [1.807, 2.05) is 46.8 Å². The molecule has 60 valence electrons. The molecule has 0 amide bonds. The summed E-state index contributed by atoms with van der Waals surface area (Å²) in [5.74, 6) is 0. The van der Waals surface area contributed by atoms with E-state index in [4.69, 9.17) is 0 Å². The molecule has 0 saturated heterocycles. The van der Waals surface area contributed by atoms with Gasteiger partial charge in [-0.25, -0.2) is 0 Å². The predicted molar refractivity (Wildman–Crippen MR) is 44.9 cm³/mol. The SMILES string of the molecule is C/C=C\C(C)(C)C(C)(C)O. The Bertz CT molecular complexity index is 126. The molecule has 0 rings (SSSR count). The van der Waals surface area contributed by atoms with Crippen molar-refractivity contribution >= 4 is 0 Å². The molecule has 0 atom stereocenters. The highest BCUT2D eigenvalue weighted by atomic mass is 16.3. The largest absolute Gasteiger partial charge is 0.390 e. The Labute approximate surface area is 63.8 Å². The average molecular weight is 142 g/mol. The zero-order chi connectivity index (χ0) is 8.41. The molecule has 0 spiro atoms. The summed E-state index contributed by atoms with van der Waals surface area (Å²) in [7, 11) is 0. The van der Waals surface area contributed by atoms with Crippen LogP contribution >= 0.6 is 0 Å². The summed E-state index contributed by atoms with van der Waals surface area (Å²) in [6.07, 6.45) is 3.99. The minimum Gasteiger partial charge on any atom is -0.390 e. The van der Waals surface area contributed by atoms with E-state index in [0.29, 0.717) is 0 Å². The van der Waals surface area contributed by atoms with Crippen LogP contribution in [0.2, 0.25) is 0 Å². The lowest BCUT2D eigenvalue weighted by molar-refractivity contribution is -0.00744. The van der Waals surface area contributed by atoms with E-state index in [9.17, 15) is 5.11 Å². The third-order valence-electron chi connectivity index (χ3n) is 2.16. The fraction of sp³-hybridized carbons (Fsp3) is 0.778. The summed E-state index contributed by atoms with van der Waals surface area (Å²) >= 11 is 0. The summed E-state index contributed by atoms with van der Waals surface area (Å²) < 4.78 is 0. The maximum Gasteiger partial charge on any atom is 0.0676 e. The van der Waals surface area contributed by atoms with Crippen molar-refractivity contribution in [2.24, 2.45) is 5.41 Å². The van der Waals surface area contributed by atoms with E-state index in [1.165, 1.54) is 0 Å². The third kappa shape index (κ3) is 2.14. The number of allylic oxidation sites excluding steroid dienone is 1. The van der Waals surface area contributed by atoms with Gasteiger partial charge in [0.15, 0.2) is 0 Å². The van der Waals surface area contributed by atoms with Crippen LogP contribution in [0.25, 0.3) is 0 Å². The van der Waals surface area contributed by atoms with Crippen LogP contribution in [0.5, 0.6) is 0 Å². The molecule has 0 heterocycles. The molecule has 0 unspecified atom stereocenters. The van der Waals surface area contributed by atoms with Crippen molar-refractivity contribution in [3.8, 4) is 0 Å². The molecule has 0 radical (unpaired) electrons. The molecule has 0 aromatic rings. The van der Waals surface area contributed by atoms with Crippen LogP contribution in [0.1, 0.15) is 34.6 Å². The molecule has 0 aliphatic carbocycles. The fourth-order valence-electron chi connectivity index (χ4n) is 0.621. The number of rotatable bonds is 2. The molecule has 0 bridgehead atoms. The highest BCUT2D eigenvalue weighted by Gasteiger charge is 2.31. The Morgan fingerprint density at radius 2 is 1.50 bits per heavy atom. The van der Waals surface area contributed by atoms with Gasteiger partial charge in [0, 0.05) is 5.41 Å². The topological polar surface area (TPSA) is 20.2 Å². The second kappa shape index (κ2) is 2.75. The standard InChI is InChI=1S/C9H18O/c1-6-7-8(2,3)9(4,5)10/h6-7,10H,1-5H3/b7-6-.